The predicted octanol–water partition coefficient (Wildman–Crippen LogP) is 2.36. The Hall–Kier alpha value is -0.900. The second kappa shape index (κ2) is 7.04. The molecule has 1 aromatic carbocycles. The third-order valence-electron chi connectivity index (χ3n) is 3.95. The maximum atomic E-state index is 6.32. The summed E-state index contributed by atoms with van der Waals surface area (Å²) in [4.78, 5) is 2.43. The van der Waals surface area contributed by atoms with Crippen LogP contribution in [0, 0.1) is 0 Å². The second-order valence-electron chi connectivity index (χ2n) is 5.36. The lowest BCUT2D eigenvalue weighted by Gasteiger charge is -2.34. The van der Waals surface area contributed by atoms with Gasteiger partial charge in [-0.3, -0.25) is 4.90 Å². The van der Waals surface area contributed by atoms with E-state index in [2.05, 4.69) is 43.0 Å². The summed E-state index contributed by atoms with van der Waals surface area (Å²) in [7, 11) is 0. The molecule has 2 unspecified atom stereocenters. The van der Waals surface area contributed by atoms with Gasteiger partial charge < -0.3 is 10.5 Å². The molecule has 19 heavy (non-hydrogen) atoms. The Morgan fingerprint density at radius 1 is 1.32 bits per heavy atom. The molecule has 2 atom stereocenters. The summed E-state index contributed by atoms with van der Waals surface area (Å²) in [5, 5.41) is 0. The van der Waals surface area contributed by atoms with Crippen molar-refractivity contribution >= 4 is 0 Å². The van der Waals surface area contributed by atoms with Crippen LogP contribution in [0.1, 0.15) is 37.4 Å². The molecule has 0 bridgehead atoms. The summed E-state index contributed by atoms with van der Waals surface area (Å²) >= 11 is 0. The number of aryl methyl sites for hydroxylation is 1. The molecule has 1 fully saturated rings. The van der Waals surface area contributed by atoms with Gasteiger partial charge in [0, 0.05) is 25.7 Å². The molecule has 3 heteroatoms. The highest BCUT2D eigenvalue weighted by Crippen LogP contribution is 2.16. The minimum absolute atomic E-state index is 0.0986. The average molecular weight is 262 g/mol. The minimum Gasteiger partial charge on any atom is -0.376 e. The first-order chi connectivity index (χ1) is 9.22. The van der Waals surface area contributed by atoms with Gasteiger partial charge in [0.25, 0.3) is 0 Å². The summed E-state index contributed by atoms with van der Waals surface area (Å²) < 4.78 is 5.69. The summed E-state index contributed by atoms with van der Waals surface area (Å²) in [6.45, 7) is 8.12. The molecule has 1 aliphatic heterocycles. The number of ether oxygens (including phenoxy) is 1. The summed E-state index contributed by atoms with van der Waals surface area (Å²) in [5.74, 6) is 0. The molecular formula is C16H26N2O. The number of rotatable bonds is 5. The molecule has 0 saturated carbocycles. The number of hydrogen-bond donors (Lipinski definition) is 1. The molecule has 1 heterocycles. The van der Waals surface area contributed by atoms with E-state index in [1.807, 2.05) is 0 Å². The van der Waals surface area contributed by atoms with Crippen molar-refractivity contribution in [1.82, 2.24) is 4.90 Å². The average Bonchev–Trinajstić information content (AvgIpc) is 2.47. The lowest BCUT2D eigenvalue weighted by Crippen LogP contribution is -2.44. The summed E-state index contributed by atoms with van der Waals surface area (Å²) in [5.41, 5.74) is 8.92. The van der Waals surface area contributed by atoms with E-state index in [1.54, 1.807) is 0 Å². The van der Waals surface area contributed by atoms with Gasteiger partial charge >= 0.3 is 0 Å². The quantitative estimate of drug-likeness (QED) is 0.885. The molecule has 2 N–H and O–H groups in total. The first-order valence-electron chi connectivity index (χ1n) is 7.41. The van der Waals surface area contributed by atoms with Crippen molar-refractivity contribution in [1.29, 1.82) is 0 Å². The summed E-state index contributed by atoms with van der Waals surface area (Å²) in [6, 6.07) is 8.80. The van der Waals surface area contributed by atoms with E-state index >= 15 is 0 Å². The second-order valence-corrected chi connectivity index (χ2v) is 5.36. The molecule has 1 aliphatic rings. The Bertz CT molecular complexity index is 377. The standard InChI is InChI=1S/C16H26N2O/c1-3-13-5-7-14(8-6-13)16(17)12-18-9-10-19-15(4-2)11-18/h5-8,15-16H,3-4,9-12,17H2,1-2H3. The van der Waals surface area contributed by atoms with Crippen LogP contribution < -0.4 is 5.73 Å². The topological polar surface area (TPSA) is 38.5 Å². The van der Waals surface area contributed by atoms with Crippen LogP contribution in [0.2, 0.25) is 0 Å². The number of hydrogen-bond acceptors (Lipinski definition) is 3. The number of benzene rings is 1. The highest BCUT2D eigenvalue weighted by atomic mass is 16.5. The smallest absolute Gasteiger partial charge is 0.0700 e. The third kappa shape index (κ3) is 4.03. The van der Waals surface area contributed by atoms with Crippen LogP contribution in [0.15, 0.2) is 24.3 Å². The van der Waals surface area contributed by atoms with Crippen molar-refractivity contribution in [2.45, 2.75) is 38.8 Å². The Balaban J connectivity index is 1.90. The fraction of sp³-hybridized carbons (Fsp3) is 0.625. The Kier molecular flexibility index (Phi) is 5.37. The van der Waals surface area contributed by atoms with E-state index in [1.165, 1.54) is 11.1 Å². The minimum atomic E-state index is 0.0986. The van der Waals surface area contributed by atoms with Crippen molar-refractivity contribution in [2.75, 3.05) is 26.2 Å². The Morgan fingerprint density at radius 2 is 2.05 bits per heavy atom. The molecule has 0 radical (unpaired) electrons. The van der Waals surface area contributed by atoms with Gasteiger partial charge in [-0.2, -0.15) is 0 Å². The molecule has 106 valence electrons. The zero-order valence-corrected chi connectivity index (χ0v) is 12.1. The maximum absolute atomic E-state index is 6.32. The number of nitrogens with zero attached hydrogens (tertiary/aromatic N) is 1. The largest absolute Gasteiger partial charge is 0.376 e. The first-order valence-corrected chi connectivity index (χ1v) is 7.41. The lowest BCUT2D eigenvalue weighted by molar-refractivity contribution is -0.0312. The molecule has 2 rings (SSSR count). The van der Waals surface area contributed by atoms with Crippen molar-refractivity contribution in [3.05, 3.63) is 35.4 Å². The zero-order chi connectivity index (χ0) is 13.7. The van der Waals surface area contributed by atoms with E-state index in [4.69, 9.17) is 10.5 Å². The van der Waals surface area contributed by atoms with Crippen LogP contribution in [0.5, 0.6) is 0 Å². The van der Waals surface area contributed by atoms with Crippen molar-refractivity contribution in [2.24, 2.45) is 5.73 Å². The van der Waals surface area contributed by atoms with Crippen molar-refractivity contribution in [3.8, 4) is 0 Å². The van der Waals surface area contributed by atoms with Gasteiger partial charge in [-0.15, -0.1) is 0 Å². The van der Waals surface area contributed by atoms with E-state index in [0.717, 1.165) is 39.1 Å². The number of morpholine rings is 1. The SMILES string of the molecule is CCc1ccc(C(N)CN2CCOC(CC)C2)cc1. The highest BCUT2D eigenvalue weighted by Gasteiger charge is 2.20. The Morgan fingerprint density at radius 3 is 2.68 bits per heavy atom. The van der Waals surface area contributed by atoms with Crippen LogP contribution >= 0.6 is 0 Å². The molecule has 3 nitrogen and oxygen atoms in total. The predicted molar refractivity (Wildman–Crippen MR) is 79.2 cm³/mol. The number of nitrogens with two attached hydrogens (primary N) is 1. The van der Waals surface area contributed by atoms with Gasteiger partial charge in [-0.1, -0.05) is 38.1 Å². The van der Waals surface area contributed by atoms with Crippen LogP contribution in [0.3, 0.4) is 0 Å². The van der Waals surface area contributed by atoms with Crippen LogP contribution in [-0.2, 0) is 11.2 Å². The molecular weight excluding hydrogens is 236 g/mol. The molecule has 0 spiro atoms. The van der Waals surface area contributed by atoms with Crippen LogP contribution in [-0.4, -0.2) is 37.2 Å². The van der Waals surface area contributed by atoms with Crippen LogP contribution in [0.25, 0.3) is 0 Å². The normalized spacial score (nSPS) is 22.4. The molecule has 0 aliphatic carbocycles. The van der Waals surface area contributed by atoms with Gasteiger partial charge in [-0.05, 0) is 24.0 Å². The molecule has 0 aromatic heterocycles. The van der Waals surface area contributed by atoms with E-state index in [0.29, 0.717) is 6.10 Å². The monoisotopic (exact) mass is 262 g/mol. The van der Waals surface area contributed by atoms with Crippen LogP contribution in [0.4, 0.5) is 0 Å². The van der Waals surface area contributed by atoms with Gasteiger partial charge in [0.1, 0.15) is 0 Å². The molecule has 1 saturated heterocycles. The van der Waals surface area contributed by atoms with E-state index < -0.39 is 0 Å². The fourth-order valence-electron chi connectivity index (χ4n) is 2.58. The van der Waals surface area contributed by atoms with Gasteiger partial charge in [0.2, 0.25) is 0 Å². The van der Waals surface area contributed by atoms with Crippen molar-refractivity contribution < 1.29 is 4.74 Å². The lowest BCUT2D eigenvalue weighted by atomic mass is 10.0. The highest BCUT2D eigenvalue weighted by molar-refractivity contribution is 5.25. The van der Waals surface area contributed by atoms with Gasteiger partial charge in [0.05, 0.1) is 12.7 Å². The van der Waals surface area contributed by atoms with E-state index in [-0.39, 0.29) is 6.04 Å². The van der Waals surface area contributed by atoms with Gasteiger partial charge in [0.15, 0.2) is 0 Å². The molecule has 0 amide bonds. The van der Waals surface area contributed by atoms with Crippen molar-refractivity contribution in [3.63, 3.8) is 0 Å². The van der Waals surface area contributed by atoms with E-state index in [9.17, 15) is 0 Å². The fourth-order valence-corrected chi connectivity index (χ4v) is 2.58. The maximum Gasteiger partial charge on any atom is 0.0700 e. The van der Waals surface area contributed by atoms with Gasteiger partial charge in [-0.25, -0.2) is 0 Å². The first kappa shape index (κ1) is 14.5. The third-order valence-corrected chi connectivity index (χ3v) is 3.95. The zero-order valence-electron chi connectivity index (χ0n) is 12.1. The summed E-state index contributed by atoms with van der Waals surface area (Å²) in [6.07, 6.45) is 2.54. The Labute approximate surface area is 116 Å². The molecule has 1 aromatic rings.